The lowest BCUT2D eigenvalue weighted by atomic mass is 9.98. The Morgan fingerprint density at radius 1 is 1.43 bits per heavy atom. The van der Waals surface area contributed by atoms with Crippen molar-refractivity contribution in [3.05, 3.63) is 29.3 Å². The summed E-state index contributed by atoms with van der Waals surface area (Å²) in [6, 6.07) is 6.14. The Bertz CT molecular complexity index is 505. The first-order chi connectivity index (χ1) is 9.87. The molecular formula is C17H25NO3. The summed E-state index contributed by atoms with van der Waals surface area (Å²) in [4.78, 5) is 11.7. The van der Waals surface area contributed by atoms with Gasteiger partial charge >= 0.3 is 5.97 Å². The van der Waals surface area contributed by atoms with E-state index < -0.39 is 5.60 Å². The van der Waals surface area contributed by atoms with Gasteiger partial charge in [0, 0.05) is 13.0 Å². The Morgan fingerprint density at radius 3 is 2.86 bits per heavy atom. The molecule has 21 heavy (non-hydrogen) atoms. The van der Waals surface area contributed by atoms with Gasteiger partial charge in [-0.2, -0.15) is 0 Å². The normalized spacial score (nSPS) is 17.8. The molecule has 1 heterocycles. The number of benzene rings is 1. The number of carbonyl (C=O) groups is 1. The van der Waals surface area contributed by atoms with Crippen molar-refractivity contribution in [3.8, 4) is 5.75 Å². The quantitative estimate of drug-likeness (QED) is 0.866. The Kier molecular flexibility index (Phi) is 4.88. The number of rotatable bonds is 4. The van der Waals surface area contributed by atoms with Crippen LogP contribution in [0.3, 0.4) is 0 Å². The predicted molar refractivity (Wildman–Crippen MR) is 82.4 cm³/mol. The number of ether oxygens (including phenoxy) is 2. The molecule has 4 heteroatoms. The van der Waals surface area contributed by atoms with Gasteiger partial charge in [-0.15, -0.1) is 0 Å². The highest BCUT2D eigenvalue weighted by Gasteiger charge is 2.19. The SMILES string of the molecule is CC(C)(C)OC(=O)CCc1ccc2c(c1)CC[C@@H](CN)O2. The molecule has 0 saturated carbocycles. The molecule has 0 fully saturated rings. The molecule has 1 aliphatic rings. The molecule has 0 amide bonds. The Balaban J connectivity index is 1.92. The van der Waals surface area contributed by atoms with E-state index >= 15 is 0 Å². The van der Waals surface area contributed by atoms with Gasteiger partial charge in [-0.1, -0.05) is 12.1 Å². The summed E-state index contributed by atoms with van der Waals surface area (Å²) in [6.07, 6.45) is 3.17. The average molecular weight is 291 g/mol. The Morgan fingerprint density at radius 2 is 2.19 bits per heavy atom. The number of fused-ring (bicyclic) bond motifs is 1. The van der Waals surface area contributed by atoms with Gasteiger partial charge in [-0.25, -0.2) is 0 Å². The Hall–Kier alpha value is -1.55. The first-order valence-corrected chi connectivity index (χ1v) is 7.58. The number of hydrogen-bond donors (Lipinski definition) is 1. The molecule has 0 aromatic heterocycles. The van der Waals surface area contributed by atoms with E-state index in [4.69, 9.17) is 15.2 Å². The molecule has 116 valence electrons. The van der Waals surface area contributed by atoms with E-state index in [1.807, 2.05) is 32.9 Å². The van der Waals surface area contributed by atoms with Gasteiger partial charge in [-0.3, -0.25) is 4.79 Å². The molecule has 2 rings (SSSR count). The van der Waals surface area contributed by atoms with Crippen molar-refractivity contribution in [3.63, 3.8) is 0 Å². The van der Waals surface area contributed by atoms with Crippen molar-refractivity contribution in [2.24, 2.45) is 5.73 Å². The van der Waals surface area contributed by atoms with E-state index in [-0.39, 0.29) is 12.1 Å². The van der Waals surface area contributed by atoms with Crippen molar-refractivity contribution in [2.45, 2.75) is 58.2 Å². The van der Waals surface area contributed by atoms with Crippen molar-refractivity contribution in [2.75, 3.05) is 6.54 Å². The fourth-order valence-corrected chi connectivity index (χ4v) is 2.46. The molecule has 0 bridgehead atoms. The lowest BCUT2D eigenvalue weighted by molar-refractivity contribution is -0.154. The van der Waals surface area contributed by atoms with Gasteiger partial charge in [0.15, 0.2) is 0 Å². The first-order valence-electron chi connectivity index (χ1n) is 7.58. The fraction of sp³-hybridized carbons (Fsp3) is 0.588. The molecule has 1 aromatic rings. The van der Waals surface area contributed by atoms with Crippen LogP contribution in [0.4, 0.5) is 0 Å². The zero-order chi connectivity index (χ0) is 15.5. The molecule has 1 atom stereocenters. The molecule has 0 radical (unpaired) electrons. The highest BCUT2D eigenvalue weighted by Crippen LogP contribution is 2.28. The average Bonchev–Trinajstić information content (AvgIpc) is 2.42. The molecular weight excluding hydrogens is 266 g/mol. The van der Waals surface area contributed by atoms with Gasteiger partial charge in [0.1, 0.15) is 17.5 Å². The number of aryl methyl sites for hydroxylation is 2. The smallest absolute Gasteiger partial charge is 0.306 e. The summed E-state index contributed by atoms with van der Waals surface area (Å²) in [5, 5.41) is 0. The van der Waals surface area contributed by atoms with E-state index in [1.165, 1.54) is 5.56 Å². The van der Waals surface area contributed by atoms with Gasteiger partial charge in [0.05, 0.1) is 0 Å². The van der Waals surface area contributed by atoms with E-state index in [1.54, 1.807) is 0 Å². The van der Waals surface area contributed by atoms with E-state index in [0.717, 1.165) is 24.2 Å². The maximum Gasteiger partial charge on any atom is 0.306 e. The number of carbonyl (C=O) groups excluding carboxylic acids is 1. The van der Waals surface area contributed by atoms with E-state index in [2.05, 4.69) is 6.07 Å². The molecule has 1 aliphatic heterocycles. The standard InChI is InChI=1S/C17H25NO3/c1-17(2,3)21-16(19)9-5-12-4-8-15-13(10-12)6-7-14(11-18)20-15/h4,8,10,14H,5-7,9,11,18H2,1-3H3/t14-/m0/s1. The first kappa shape index (κ1) is 15.8. The molecule has 1 aromatic carbocycles. The van der Waals surface area contributed by atoms with Gasteiger partial charge in [-0.05, 0) is 57.2 Å². The second kappa shape index (κ2) is 6.48. The highest BCUT2D eigenvalue weighted by molar-refractivity contribution is 5.70. The zero-order valence-corrected chi connectivity index (χ0v) is 13.1. The predicted octanol–water partition coefficient (Wildman–Crippen LogP) is 2.61. The minimum absolute atomic E-state index is 0.130. The maximum atomic E-state index is 11.7. The van der Waals surface area contributed by atoms with Crippen LogP contribution in [-0.4, -0.2) is 24.2 Å². The van der Waals surface area contributed by atoms with Crippen LogP contribution in [0.25, 0.3) is 0 Å². The summed E-state index contributed by atoms with van der Waals surface area (Å²) in [5.74, 6) is 0.775. The number of esters is 1. The van der Waals surface area contributed by atoms with Crippen molar-refractivity contribution >= 4 is 5.97 Å². The third kappa shape index (κ3) is 4.74. The third-order valence-electron chi connectivity index (χ3n) is 3.45. The summed E-state index contributed by atoms with van der Waals surface area (Å²) in [6.45, 7) is 6.21. The number of hydrogen-bond acceptors (Lipinski definition) is 4. The Labute approximate surface area is 126 Å². The summed E-state index contributed by atoms with van der Waals surface area (Å²) in [5.41, 5.74) is 7.58. The molecule has 0 unspecified atom stereocenters. The molecule has 0 aliphatic carbocycles. The number of nitrogens with two attached hydrogens (primary N) is 1. The molecule has 2 N–H and O–H groups in total. The molecule has 0 spiro atoms. The third-order valence-corrected chi connectivity index (χ3v) is 3.45. The molecule has 0 saturated heterocycles. The van der Waals surface area contributed by atoms with Crippen LogP contribution < -0.4 is 10.5 Å². The van der Waals surface area contributed by atoms with Crippen LogP contribution in [0.15, 0.2) is 18.2 Å². The van der Waals surface area contributed by atoms with Crippen molar-refractivity contribution in [1.29, 1.82) is 0 Å². The second-order valence-electron chi connectivity index (χ2n) is 6.54. The molecule has 4 nitrogen and oxygen atoms in total. The van der Waals surface area contributed by atoms with Crippen LogP contribution in [0, 0.1) is 0 Å². The van der Waals surface area contributed by atoms with Crippen LogP contribution in [0.1, 0.15) is 44.7 Å². The highest BCUT2D eigenvalue weighted by atomic mass is 16.6. The van der Waals surface area contributed by atoms with Crippen molar-refractivity contribution < 1.29 is 14.3 Å². The fourth-order valence-electron chi connectivity index (χ4n) is 2.46. The summed E-state index contributed by atoms with van der Waals surface area (Å²) in [7, 11) is 0. The minimum atomic E-state index is -0.419. The maximum absolute atomic E-state index is 11.7. The minimum Gasteiger partial charge on any atom is -0.489 e. The van der Waals surface area contributed by atoms with Crippen LogP contribution in [0.2, 0.25) is 0 Å². The van der Waals surface area contributed by atoms with Crippen molar-refractivity contribution in [1.82, 2.24) is 0 Å². The van der Waals surface area contributed by atoms with Crippen LogP contribution in [0.5, 0.6) is 5.75 Å². The second-order valence-corrected chi connectivity index (χ2v) is 6.54. The van der Waals surface area contributed by atoms with E-state index in [0.29, 0.717) is 19.4 Å². The summed E-state index contributed by atoms with van der Waals surface area (Å²) >= 11 is 0. The van der Waals surface area contributed by atoms with Gasteiger partial charge in [0.25, 0.3) is 0 Å². The lowest BCUT2D eigenvalue weighted by Crippen LogP contribution is -2.30. The lowest BCUT2D eigenvalue weighted by Gasteiger charge is -2.25. The largest absolute Gasteiger partial charge is 0.489 e. The topological polar surface area (TPSA) is 61.5 Å². The van der Waals surface area contributed by atoms with Gasteiger partial charge in [0.2, 0.25) is 0 Å². The van der Waals surface area contributed by atoms with Gasteiger partial charge < -0.3 is 15.2 Å². The monoisotopic (exact) mass is 291 g/mol. The summed E-state index contributed by atoms with van der Waals surface area (Å²) < 4.78 is 11.1. The van der Waals surface area contributed by atoms with Crippen LogP contribution in [-0.2, 0) is 22.4 Å². The zero-order valence-electron chi connectivity index (χ0n) is 13.1. The van der Waals surface area contributed by atoms with E-state index in [9.17, 15) is 4.79 Å². The van der Waals surface area contributed by atoms with Crippen LogP contribution >= 0.6 is 0 Å².